The fourth-order valence-electron chi connectivity index (χ4n) is 4.52. The monoisotopic (exact) mass is 316 g/mol. The highest BCUT2D eigenvalue weighted by Gasteiger charge is 2.40. The van der Waals surface area contributed by atoms with Crippen molar-refractivity contribution in [2.75, 3.05) is 26.2 Å². The molecule has 2 aliphatic heterocycles. The van der Waals surface area contributed by atoms with Gasteiger partial charge in [0.05, 0.1) is 25.7 Å². The molecule has 1 aromatic rings. The van der Waals surface area contributed by atoms with Crippen molar-refractivity contribution in [3.8, 4) is 0 Å². The van der Waals surface area contributed by atoms with E-state index in [0.29, 0.717) is 17.4 Å². The molecule has 0 radical (unpaired) electrons. The molecule has 0 bridgehead atoms. The topological polar surface area (TPSA) is 13.7 Å². The maximum atomic E-state index is 6.10. The quantitative estimate of drug-likeness (QED) is 0.880. The number of likely N-dealkylation sites (tertiary alicyclic amines) is 1. The van der Waals surface area contributed by atoms with Gasteiger partial charge in [0, 0.05) is 18.4 Å². The van der Waals surface area contributed by atoms with E-state index in [1.54, 1.807) is 5.56 Å². The van der Waals surface area contributed by atoms with Gasteiger partial charge in [-0.1, -0.05) is 44.2 Å². The SMILES string of the molecule is CC(C)C1CC(CC[NH+]2CCCCC2)(c2ccccc2)CCO1. The normalized spacial score (nSPS) is 29.8. The van der Waals surface area contributed by atoms with E-state index in [2.05, 4.69) is 44.2 Å². The zero-order chi connectivity index (χ0) is 16.1. The Morgan fingerprint density at radius 1 is 1.13 bits per heavy atom. The van der Waals surface area contributed by atoms with Crippen molar-refractivity contribution >= 4 is 0 Å². The molecule has 0 amide bonds. The second kappa shape index (κ2) is 7.81. The van der Waals surface area contributed by atoms with Crippen LogP contribution in [0.15, 0.2) is 30.3 Å². The minimum Gasteiger partial charge on any atom is -0.378 e. The molecule has 2 heterocycles. The summed E-state index contributed by atoms with van der Waals surface area (Å²) in [6, 6.07) is 11.3. The Balaban J connectivity index is 1.75. The molecule has 1 N–H and O–H groups in total. The van der Waals surface area contributed by atoms with E-state index in [9.17, 15) is 0 Å². The smallest absolute Gasteiger partial charge is 0.0779 e. The number of nitrogens with one attached hydrogen (secondary N) is 1. The molecule has 2 fully saturated rings. The third kappa shape index (κ3) is 4.16. The fraction of sp³-hybridized carbons (Fsp3) is 0.714. The minimum atomic E-state index is 0.332. The summed E-state index contributed by atoms with van der Waals surface area (Å²) in [5.41, 5.74) is 1.88. The van der Waals surface area contributed by atoms with E-state index < -0.39 is 0 Å². The number of hydrogen-bond acceptors (Lipinski definition) is 1. The summed E-state index contributed by atoms with van der Waals surface area (Å²) in [6.45, 7) is 9.64. The molecule has 2 aliphatic rings. The summed E-state index contributed by atoms with van der Waals surface area (Å²) in [5.74, 6) is 0.612. The predicted molar refractivity (Wildman–Crippen MR) is 96.0 cm³/mol. The summed E-state index contributed by atoms with van der Waals surface area (Å²) in [4.78, 5) is 1.83. The highest BCUT2D eigenvalue weighted by atomic mass is 16.5. The first-order chi connectivity index (χ1) is 11.2. The third-order valence-electron chi connectivity index (χ3n) is 6.15. The van der Waals surface area contributed by atoms with E-state index >= 15 is 0 Å². The van der Waals surface area contributed by atoms with E-state index in [1.807, 2.05) is 4.90 Å². The van der Waals surface area contributed by atoms with E-state index in [-0.39, 0.29) is 0 Å². The van der Waals surface area contributed by atoms with Crippen LogP contribution in [0.3, 0.4) is 0 Å². The molecule has 2 nitrogen and oxygen atoms in total. The lowest BCUT2D eigenvalue weighted by molar-refractivity contribution is -0.905. The van der Waals surface area contributed by atoms with Crippen LogP contribution in [0.2, 0.25) is 0 Å². The molecule has 3 rings (SSSR count). The average Bonchev–Trinajstić information content (AvgIpc) is 2.62. The highest BCUT2D eigenvalue weighted by molar-refractivity contribution is 5.26. The number of quaternary nitrogens is 1. The second-order valence-corrected chi connectivity index (χ2v) is 8.06. The predicted octanol–water partition coefficient (Wildman–Crippen LogP) is 3.22. The number of piperidine rings is 1. The summed E-state index contributed by atoms with van der Waals surface area (Å²) < 4.78 is 6.10. The summed E-state index contributed by atoms with van der Waals surface area (Å²) in [5, 5.41) is 0. The van der Waals surface area contributed by atoms with Crippen LogP contribution >= 0.6 is 0 Å². The number of rotatable bonds is 5. The molecule has 2 saturated heterocycles. The zero-order valence-corrected chi connectivity index (χ0v) is 15.0. The molecule has 1 aromatic carbocycles. The van der Waals surface area contributed by atoms with Crippen LogP contribution in [0.1, 0.15) is 57.9 Å². The Morgan fingerprint density at radius 3 is 2.57 bits per heavy atom. The molecule has 23 heavy (non-hydrogen) atoms. The van der Waals surface area contributed by atoms with Gasteiger partial charge in [0.1, 0.15) is 0 Å². The minimum absolute atomic E-state index is 0.332. The fourth-order valence-corrected chi connectivity index (χ4v) is 4.52. The Hall–Kier alpha value is -0.860. The van der Waals surface area contributed by atoms with Crippen LogP contribution in [0, 0.1) is 5.92 Å². The van der Waals surface area contributed by atoms with Gasteiger partial charge in [0.15, 0.2) is 0 Å². The number of benzene rings is 1. The Labute approximate surface area is 142 Å². The van der Waals surface area contributed by atoms with Gasteiger partial charge in [-0.05, 0) is 43.6 Å². The maximum absolute atomic E-state index is 6.10. The van der Waals surface area contributed by atoms with Crippen LogP contribution in [0.4, 0.5) is 0 Å². The van der Waals surface area contributed by atoms with Crippen LogP contribution in [-0.4, -0.2) is 32.3 Å². The van der Waals surface area contributed by atoms with Gasteiger partial charge >= 0.3 is 0 Å². The van der Waals surface area contributed by atoms with Crippen molar-refractivity contribution in [3.05, 3.63) is 35.9 Å². The Bertz CT molecular complexity index is 466. The van der Waals surface area contributed by atoms with Gasteiger partial charge in [-0.3, -0.25) is 0 Å². The molecule has 2 atom stereocenters. The lowest BCUT2D eigenvalue weighted by Crippen LogP contribution is -3.13. The molecule has 0 aromatic heterocycles. The third-order valence-corrected chi connectivity index (χ3v) is 6.15. The number of hydrogen-bond donors (Lipinski definition) is 1. The summed E-state index contributed by atoms with van der Waals surface area (Å²) in [6.07, 6.45) is 8.40. The van der Waals surface area contributed by atoms with Crippen molar-refractivity contribution in [2.24, 2.45) is 5.92 Å². The van der Waals surface area contributed by atoms with Gasteiger partial charge in [-0.15, -0.1) is 0 Å². The molecule has 2 unspecified atom stereocenters. The lowest BCUT2D eigenvalue weighted by Gasteiger charge is -2.43. The first kappa shape index (κ1) is 17.0. The number of ether oxygens (including phenoxy) is 1. The van der Waals surface area contributed by atoms with Crippen molar-refractivity contribution in [2.45, 2.75) is 63.9 Å². The van der Waals surface area contributed by atoms with Crippen LogP contribution in [-0.2, 0) is 10.2 Å². The molecule has 0 spiro atoms. The van der Waals surface area contributed by atoms with Crippen molar-refractivity contribution in [1.29, 1.82) is 0 Å². The Morgan fingerprint density at radius 2 is 1.87 bits per heavy atom. The van der Waals surface area contributed by atoms with Crippen molar-refractivity contribution in [3.63, 3.8) is 0 Å². The standard InChI is InChI=1S/C21H33NO/c1-18(2)20-17-21(12-16-23-20,19-9-5-3-6-10-19)11-15-22-13-7-4-8-14-22/h3,5-6,9-10,18,20H,4,7-8,11-17H2,1-2H3/p+1. The maximum Gasteiger partial charge on any atom is 0.0779 e. The van der Waals surface area contributed by atoms with E-state index in [0.717, 1.165) is 6.61 Å². The summed E-state index contributed by atoms with van der Waals surface area (Å²) >= 11 is 0. The average molecular weight is 317 g/mol. The molecule has 0 aliphatic carbocycles. The Kier molecular flexibility index (Phi) is 5.76. The zero-order valence-electron chi connectivity index (χ0n) is 15.0. The van der Waals surface area contributed by atoms with Crippen molar-refractivity contribution < 1.29 is 9.64 Å². The van der Waals surface area contributed by atoms with Gasteiger partial charge < -0.3 is 9.64 Å². The largest absolute Gasteiger partial charge is 0.378 e. The van der Waals surface area contributed by atoms with Crippen LogP contribution in [0.25, 0.3) is 0 Å². The van der Waals surface area contributed by atoms with Gasteiger partial charge in [0.25, 0.3) is 0 Å². The molecule has 0 saturated carbocycles. The molecule has 2 heteroatoms. The first-order valence-electron chi connectivity index (χ1n) is 9.70. The van der Waals surface area contributed by atoms with Gasteiger partial charge in [0.2, 0.25) is 0 Å². The first-order valence-corrected chi connectivity index (χ1v) is 9.70. The van der Waals surface area contributed by atoms with E-state index in [1.165, 1.54) is 58.2 Å². The lowest BCUT2D eigenvalue weighted by atomic mass is 9.68. The molecular weight excluding hydrogens is 282 g/mol. The summed E-state index contributed by atoms with van der Waals surface area (Å²) in [7, 11) is 0. The van der Waals surface area contributed by atoms with Crippen LogP contribution < -0.4 is 4.90 Å². The van der Waals surface area contributed by atoms with E-state index in [4.69, 9.17) is 4.74 Å². The van der Waals surface area contributed by atoms with Gasteiger partial charge in [-0.2, -0.15) is 0 Å². The second-order valence-electron chi connectivity index (χ2n) is 8.06. The molecule has 128 valence electrons. The van der Waals surface area contributed by atoms with Crippen molar-refractivity contribution in [1.82, 2.24) is 0 Å². The highest BCUT2D eigenvalue weighted by Crippen LogP contribution is 2.41. The molecular formula is C21H34NO+. The van der Waals surface area contributed by atoms with Gasteiger partial charge in [-0.25, -0.2) is 0 Å². The van der Waals surface area contributed by atoms with Crippen LogP contribution in [0.5, 0.6) is 0 Å².